The first-order valence-electron chi connectivity index (χ1n) is 5.23. The maximum atomic E-state index is 12.1. The first-order chi connectivity index (χ1) is 7.87. The Morgan fingerprint density at radius 2 is 1.76 bits per heavy atom. The average molecular weight is 248 g/mol. The minimum absolute atomic E-state index is 0.221. The molecular formula is C10H15F3N4. The van der Waals surface area contributed by atoms with Gasteiger partial charge in [0.15, 0.2) is 0 Å². The van der Waals surface area contributed by atoms with Gasteiger partial charge < -0.3 is 10.6 Å². The van der Waals surface area contributed by atoms with Crippen molar-refractivity contribution in [1.29, 1.82) is 0 Å². The number of nitrogens with zero attached hydrogens (tertiary/aromatic N) is 2. The van der Waals surface area contributed by atoms with E-state index in [-0.39, 0.29) is 5.82 Å². The summed E-state index contributed by atoms with van der Waals surface area (Å²) < 4.78 is 36.3. The van der Waals surface area contributed by atoms with Crippen molar-refractivity contribution in [1.82, 2.24) is 9.97 Å². The van der Waals surface area contributed by atoms with Crippen LogP contribution in [-0.2, 0) is 6.42 Å². The van der Waals surface area contributed by atoms with E-state index in [1.54, 1.807) is 14.0 Å². The van der Waals surface area contributed by atoms with Crippen molar-refractivity contribution in [2.75, 3.05) is 24.2 Å². The lowest BCUT2D eigenvalue weighted by Crippen LogP contribution is -2.23. The van der Waals surface area contributed by atoms with Crippen molar-refractivity contribution >= 4 is 11.6 Å². The Morgan fingerprint density at radius 3 is 2.24 bits per heavy atom. The lowest BCUT2D eigenvalue weighted by Gasteiger charge is -2.14. The van der Waals surface area contributed by atoms with Gasteiger partial charge in [0.25, 0.3) is 0 Å². The summed E-state index contributed by atoms with van der Waals surface area (Å²) in [5, 5.41) is 5.12. The molecule has 1 heterocycles. The molecule has 0 aliphatic heterocycles. The standard InChI is InChI=1S/C10H15F3N4/c1-4-7-16-8(14-3)6(2)9(17-7)15-5-10(11,12)13/h4-5H2,1-3H3,(H2,14,15,16,17). The molecule has 0 saturated heterocycles. The van der Waals surface area contributed by atoms with E-state index in [2.05, 4.69) is 20.6 Å². The lowest BCUT2D eigenvalue weighted by atomic mass is 10.3. The van der Waals surface area contributed by atoms with E-state index in [0.717, 1.165) is 0 Å². The monoisotopic (exact) mass is 248 g/mol. The number of halogens is 3. The number of nitrogens with one attached hydrogen (secondary N) is 2. The van der Waals surface area contributed by atoms with Gasteiger partial charge in [-0.25, -0.2) is 9.97 Å². The largest absolute Gasteiger partial charge is 0.405 e. The molecule has 17 heavy (non-hydrogen) atoms. The molecule has 0 radical (unpaired) electrons. The predicted octanol–water partition coefficient (Wildman–Crippen LogP) is 2.36. The van der Waals surface area contributed by atoms with E-state index in [1.807, 2.05) is 6.92 Å². The van der Waals surface area contributed by atoms with Gasteiger partial charge in [-0.05, 0) is 6.92 Å². The van der Waals surface area contributed by atoms with E-state index in [4.69, 9.17) is 0 Å². The van der Waals surface area contributed by atoms with Gasteiger partial charge in [-0.3, -0.25) is 0 Å². The van der Waals surface area contributed by atoms with Crippen LogP contribution in [0.25, 0.3) is 0 Å². The van der Waals surface area contributed by atoms with Gasteiger partial charge in [-0.1, -0.05) is 6.92 Å². The Bertz CT molecular complexity index is 390. The molecule has 0 aromatic carbocycles. The van der Waals surface area contributed by atoms with Crippen molar-refractivity contribution in [2.24, 2.45) is 0 Å². The molecule has 0 fully saturated rings. The van der Waals surface area contributed by atoms with Gasteiger partial charge in [0.05, 0.1) is 0 Å². The van der Waals surface area contributed by atoms with Crippen molar-refractivity contribution < 1.29 is 13.2 Å². The van der Waals surface area contributed by atoms with E-state index in [9.17, 15) is 13.2 Å². The summed E-state index contributed by atoms with van der Waals surface area (Å²) >= 11 is 0. The maximum Gasteiger partial charge on any atom is 0.405 e. The molecule has 1 aromatic rings. The van der Waals surface area contributed by atoms with E-state index < -0.39 is 12.7 Å². The molecule has 0 spiro atoms. The molecule has 4 nitrogen and oxygen atoms in total. The molecule has 1 aromatic heterocycles. The molecular weight excluding hydrogens is 233 g/mol. The van der Waals surface area contributed by atoms with Crippen molar-refractivity contribution in [3.05, 3.63) is 11.4 Å². The molecule has 0 unspecified atom stereocenters. The summed E-state index contributed by atoms with van der Waals surface area (Å²) in [6, 6.07) is 0. The van der Waals surface area contributed by atoms with Crippen molar-refractivity contribution in [3.8, 4) is 0 Å². The van der Waals surface area contributed by atoms with Crippen LogP contribution in [0, 0.1) is 6.92 Å². The molecule has 2 N–H and O–H groups in total. The van der Waals surface area contributed by atoms with Crippen LogP contribution >= 0.6 is 0 Å². The fraction of sp³-hybridized carbons (Fsp3) is 0.600. The summed E-state index contributed by atoms with van der Waals surface area (Å²) in [5.41, 5.74) is 0.578. The highest BCUT2D eigenvalue weighted by Gasteiger charge is 2.27. The Labute approximate surface area is 97.7 Å². The lowest BCUT2D eigenvalue weighted by molar-refractivity contribution is -0.115. The summed E-state index contributed by atoms with van der Waals surface area (Å²) in [6.45, 7) is 2.42. The van der Waals surface area contributed by atoms with Crippen LogP contribution < -0.4 is 10.6 Å². The zero-order valence-electron chi connectivity index (χ0n) is 9.94. The second kappa shape index (κ2) is 5.20. The fourth-order valence-corrected chi connectivity index (χ4v) is 1.32. The van der Waals surface area contributed by atoms with Crippen LogP contribution in [-0.4, -0.2) is 29.7 Å². The molecule has 1 rings (SSSR count). The van der Waals surface area contributed by atoms with Gasteiger partial charge in [-0.2, -0.15) is 13.2 Å². The zero-order chi connectivity index (χ0) is 13.1. The summed E-state index contributed by atoms with van der Waals surface area (Å²) in [7, 11) is 1.67. The first-order valence-corrected chi connectivity index (χ1v) is 5.23. The SMILES string of the molecule is CCc1nc(NC)c(C)c(NCC(F)(F)F)n1. The first kappa shape index (κ1) is 13.5. The number of alkyl halides is 3. The summed E-state index contributed by atoms with van der Waals surface area (Å²) in [4.78, 5) is 8.21. The summed E-state index contributed by atoms with van der Waals surface area (Å²) in [6.07, 6.45) is -3.70. The molecule has 7 heteroatoms. The Balaban J connectivity index is 2.97. The summed E-state index contributed by atoms with van der Waals surface area (Å²) in [5.74, 6) is 1.27. The number of aryl methyl sites for hydroxylation is 1. The van der Waals surface area contributed by atoms with Crippen LogP contribution in [0.2, 0.25) is 0 Å². The van der Waals surface area contributed by atoms with Crippen LogP contribution in [0.4, 0.5) is 24.8 Å². The Hall–Kier alpha value is -1.53. The Kier molecular flexibility index (Phi) is 4.14. The molecule has 96 valence electrons. The number of hydrogen-bond donors (Lipinski definition) is 2. The highest BCUT2D eigenvalue weighted by molar-refractivity contribution is 5.57. The third-order valence-electron chi connectivity index (χ3n) is 2.20. The molecule has 0 bridgehead atoms. The zero-order valence-corrected chi connectivity index (χ0v) is 9.94. The quantitative estimate of drug-likeness (QED) is 0.858. The normalized spacial score (nSPS) is 11.4. The van der Waals surface area contributed by atoms with Crippen molar-refractivity contribution in [2.45, 2.75) is 26.4 Å². The van der Waals surface area contributed by atoms with E-state index in [1.165, 1.54) is 0 Å². The number of hydrogen-bond acceptors (Lipinski definition) is 4. The second-order valence-electron chi connectivity index (χ2n) is 3.53. The topological polar surface area (TPSA) is 49.8 Å². The van der Waals surface area contributed by atoms with E-state index in [0.29, 0.717) is 23.6 Å². The van der Waals surface area contributed by atoms with E-state index >= 15 is 0 Å². The minimum atomic E-state index is -4.26. The number of rotatable bonds is 4. The maximum absolute atomic E-state index is 12.1. The molecule has 0 atom stereocenters. The molecule has 0 saturated carbocycles. The van der Waals surface area contributed by atoms with Gasteiger partial charge in [-0.15, -0.1) is 0 Å². The van der Waals surface area contributed by atoms with Crippen LogP contribution in [0.3, 0.4) is 0 Å². The molecule has 0 aliphatic rings. The van der Waals surface area contributed by atoms with Gasteiger partial charge in [0.1, 0.15) is 24.0 Å². The average Bonchev–Trinajstić information content (AvgIpc) is 2.26. The second-order valence-corrected chi connectivity index (χ2v) is 3.53. The Morgan fingerprint density at radius 1 is 1.18 bits per heavy atom. The van der Waals surface area contributed by atoms with Gasteiger partial charge in [0, 0.05) is 19.0 Å². The predicted molar refractivity (Wildman–Crippen MR) is 60.2 cm³/mol. The highest BCUT2D eigenvalue weighted by Crippen LogP contribution is 2.22. The van der Waals surface area contributed by atoms with Crippen LogP contribution in [0.5, 0.6) is 0 Å². The number of aromatic nitrogens is 2. The molecule has 0 amide bonds. The minimum Gasteiger partial charge on any atom is -0.373 e. The highest BCUT2D eigenvalue weighted by atomic mass is 19.4. The van der Waals surface area contributed by atoms with Gasteiger partial charge >= 0.3 is 6.18 Å². The fourth-order valence-electron chi connectivity index (χ4n) is 1.32. The third kappa shape index (κ3) is 3.76. The van der Waals surface area contributed by atoms with Crippen LogP contribution in [0.1, 0.15) is 18.3 Å². The number of anilines is 2. The van der Waals surface area contributed by atoms with Crippen molar-refractivity contribution in [3.63, 3.8) is 0 Å². The third-order valence-corrected chi connectivity index (χ3v) is 2.20. The van der Waals surface area contributed by atoms with Gasteiger partial charge in [0.2, 0.25) is 0 Å². The molecule has 0 aliphatic carbocycles. The smallest absolute Gasteiger partial charge is 0.373 e. The van der Waals surface area contributed by atoms with Crippen LogP contribution in [0.15, 0.2) is 0 Å².